The third-order valence-electron chi connectivity index (χ3n) is 4.22. The lowest BCUT2D eigenvalue weighted by Crippen LogP contribution is -2.34. The first-order valence-corrected chi connectivity index (χ1v) is 8.87. The van der Waals surface area contributed by atoms with Crippen molar-refractivity contribution in [1.82, 2.24) is 15.3 Å². The van der Waals surface area contributed by atoms with Crippen molar-refractivity contribution in [2.45, 2.75) is 45.7 Å². The molecule has 1 aliphatic heterocycles. The Hall–Kier alpha value is -1.46. The van der Waals surface area contributed by atoms with Gasteiger partial charge in [0.05, 0.1) is 10.7 Å². The van der Waals surface area contributed by atoms with Crippen molar-refractivity contribution >= 4 is 17.2 Å². The van der Waals surface area contributed by atoms with Gasteiger partial charge < -0.3 is 10.2 Å². The Morgan fingerprint density at radius 3 is 3.00 bits per heavy atom. The molecule has 2 aromatic heterocycles. The maximum absolute atomic E-state index is 4.65. The van der Waals surface area contributed by atoms with E-state index in [9.17, 15) is 0 Å². The maximum atomic E-state index is 4.65. The third kappa shape index (κ3) is 3.31. The van der Waals surface area contributed by atoms with E-state index in [1.165, 1.54) is 22.0 Å². The molecule has 0 unspecified atom stereocenters. The van der Waals surface area contributed by atoms with E-state index in [4.69, 9.17) is 0 Å². The molecule has 118 valence electrons. The molecule has 3 heterocycles. The average molecular weight is 316 g/mol. The highest BCUT2D eigenvalue weighted by atomic mass is 32.1. The van der Waals surface area contributed by atoms with Crippen LogP contribution in [0.3, 0.4) is 0 Å². The molecule has 5 heteroatoms. The van der Waals surface area contributed by atoms with E-state index in [0.717, 1.165) is 25.3 Å². The highest BCUT2D eigenvalue weighted by Crippen LogP contribution is 2.27. The zero-order valence-electron chi connectivity index (χ0n) is 13.5. The Kier molecular flexibility index (Phi) is 4.74. The van der Waals surface area contributed by atoms with Gasteiger partial charge in [0.1, 0.15) is 5.82 Å². The molecule has 0 spiro atoms. The zero-order chi connectivity index (χ0) is 15.5. The van der Waals surface area contributed by atoms with Crippen LogP contribution >= 0.6 is 11.3 Å². The lowest BCUT2D eigenvalue weighted by Gasteiger charge is -2.20. The quantitative estimate of drug-likeness (QED) is 0.918. The van der Waals surface area contributed by atoms with Gasteiger partial charge in [0.2, 0.25) is 0 Å². The normalized spacial score (nSPS) is 19.6. The summed E-state index contributed by atoms with van der Waals surface area (Å²) in [6.45, 7) is 8.65. The van der Waals surface area contributed by atoms with Crippen molar-refractivity contribution in [1.29, 1.82) is 0 Å². The molecule has 3 rings (SSSR count). The van der Waals surface area contributed by atoms with E-state index >= 15 is 0 Å². The Bertz CT molecular complexity index is 610. The summed E-state index contributed by atoms with van der Waals surface area (Å²) < 4.78 is 0. The molecule has 0 amide bonds. The van der Waals surface area contributed by atoms with Crippen LogP contribution in [0.5, 0.6) is 0 Å². The van der Waals surface area contributed by atoms with Crippen LogP contribution in [-0.4, -0.2) is 29.1 Å². The van der Waals surface area contributed by atoms with Crippen LogP contribution in [-0.2, 0) is 6.42 Å². The summed E-state index contributed by atoms with van der Waals surface area (Å²) in [7, 11) is 0. The highest BCUT2D eigenvalue weighted by Gasteiger charge is 2.25. The monoisotopic (exact) mass is 316 g/mol. The predicted octanol–water partition coefficient (Wildman–Crippen LogP) is 3.34. The van der Waals surface area contributed by atoms with Crippen molar-refractivity contribution in [2.75, 3.05) is 18.0 Å². The van der Waals surface area contributed by atoms with Crippen LogP contribution in [0.25, 0.3) is 0 Å². The van der Waals surface area contributed by atoms with E-state index < -0.39 is 0 Å². The molecular formula is C17H24N4S. The number of thiazole rings is 1. The second-order valence-corrected chi connectivity index (χ2v) is 7.03. The lowest BCUT2D eigenvalue weighted by atomic mass is 10.2. The van der Waals surface area contributed by atoms with Crippen LogP contribution < -0.4 is 10.2 Å². The maximum Gasteiger partial charge on any atom is 0.128 e. The molecular weight excluding hydrogens is 292 g/mol. The fourth-order valence-corrected chi connectivity index (χ4v) is 4.11. The molecule has 0 aromatic carbocycles. The second kappa shape index (κ2) is 6.75. The van der Waals surface area contributed by atoms with Gasteiger partial charge in [0, 0.05) is 36.2 Å². The van der Waals surface area contributed by atoms with E-state index in [1.54, 1.807) is 0 Å². The number of anilines is 1. The first kappa shape index (κ1) is 15.4. The number of rotatable bonds is 5. The summed E-state index contributed by atoms with van der Waals surface area (Å²) in [4.78, 5) is 12.8. The van der Waals surface area contributed by atoms with E-state index in [0.29, 0.717) is 12.1 Å². The topological polar surface area (TPSA) is 41.1 Å². The summed E-state index contributed by atoms with van der Waals surface area (Å²) in [5.74, 6) is 1.08. The summed E-state index contributed by atoms with van der Waals surface area (Å²) in [6.07, 6.45) is 4.06. The van der Waals surface area contributed by atoms with Crippen LogP contribution in [0.2, 0.25) is 0 Å². The van der Waals surface area contributed by atoms with Gasteiger partial charge in [-0.1, -0.05) is 13.0 Å². The SMILES string of the molecule is CCc1nc(C)c([C@H](C)N[C@H]2CCN(c3ccccn3)C2)s1. The third-order valence-corrected chi connectivity index (χ3v) is 5.70. The molecule has 0 aliphatic carbocycles. The molecule has 1 saturated heterocycles. The zero-order valence-corrected chi connectivity index (χ0v) is 14.4. The van der Waals surface area contributed by atoms with Crippen molar-refractivity contribution < 1.29 is 0 Å². The molecule has 1 N–H and O–H groups in total. The van der Waals surface area contributed by atoms with E-state index in [1.807, 2.05) is 23.6 Å². The Labute approximate surface area is 136 Å². The molecule has 1 fully saturated rings. The predicted molar refractivity (Wildman–Crippen MR) is 92.6 cm³/mol. The number of aryl methyl sites for hydroxylation is 2. The van der Waals surface area contributed by atoms with Gasteiger partial charge in [0.15, 0.2) is 0 Å². The van der Waals surface area contributed by atoms with Gasteiger partial charge >= 0.3 is 0 Å². The molecule has 4 nitrogen and oxygen atoms in total. The molecule has 0 saturated carbocycles. The van der Waals surface area contributed by atoms with E-state index in [-0.39, 0.29) is 0 Å². The molecule has 1 aliphatic rings. The number of hydrogen-bond donors (Lipinski definition) is 1. The van der Waals surface area contributed by atoms with Gasteiger partial charge in [-0.15, -0.1) is 11.3 Å². The minimum Gasteiger partial charge on any atom is -0.355 e. The largest absolute Gasteiger partial charge is 0.355 e. The molecule has 22 heavy (non-hydrogen) atoms. The molecule has 0 bridgehead atoms. The first-order valence-electron chi connectivity index (χ1n) is 8.05. The summed E-state index contributed by atoms with van der Waals surface area (Å²) >= 11 is 1.85. The standard InChI is InChI=1S/C17H24N4S/c1-4-16-20-13(3)17(22-16)12(2)19-14-8-10-21(11-14)15-7-5-6-9-18-15/h5-7,9,12,14,19H,4,8,10-11H2,1-3H3/t12-,14-/m0/s1. The fraction of sp³-hybridized carbons (Fsp3) is 0.529. The van der Waals surface area contributed by atoms with Crippen molar-refractivity contribution in [3.05, 3.63) is 40.0 Å². The minimum absolute atomic E-state index is 0.367. The number of pyridine rings is 1. The van der Waals surface area contributed by atoms with Crippen molar-refractivity contribution in [2.24, 2.45) is 0 Å². The number of nitrogens with one attached hydrogen (secondary N) is 1. The molecule has 2 atom stereocenters. The lowest BCUT2D eigenvalue weighted by molar-refractivity contribution is 0.484. The summed E-state index contributed by atoms with van der Waals surface area (Å²) in [5, 5.41) is 5.01. The number of hydrogen-bond acceptors (Lipinski definition) is 5. The Morgan fingerprint density at radius 2 is 2.32 bits per heavy atom. The van der Waals surface area contributed by atoms with Crippen LogP contribution in [0.15, 0.2) is 24.4 Å². The minimum atomic E-state index is 0.367. The van der Waals surface area contributed by atoms with Crippen LogP contribution in [0, 0.1) is 6.92 Å². The highest BCUT2D eigenvalue weighted by molar-refractivity contribution is 7.11. The first-order chi connectivity index (χ1) is 10.7. The van der Waals surface area contributed by atoms with Crippen LogP contribution in [0.4, 0.5) is 5.82 Å². The average Bonchev–Trinajstić information content (AvgIpc) is 3.14. The second-order valence-electron chi connectivity index (χ2n) is 5.92. The van der Waals surface area contributed by atoms with Gasteiger partial charge in [-0.2, -0.15) is 0 Å². The van der Waals surface area contributed by atoms with Crippen molar-refractivity contribution in [3.8, 4) is 0 Å². The summed E-state index contributed by atoms with van der Waals surface area (Å²) in [5.41, 5.74) is 1.18. The number of aromatic nitrogens is 2. The smallest absolute Gasteiger partial charge is 0.128 e. The van der Waals surface area contributed by atoms with Gasteiger partial charge in [-0.25, -0.2) is 9.97 Å². The summed E-state index contributed by atoms with van der Waals surface area (Å²) in [6, 6.07) is 7.00. The van der Waals surface area contributed by atoms with Crippen molar-refractivity contribution in [3.63, 3.8) is 0 Å². The Morgan fingerprint density at radius 1 is 1.45 bits per heavy atom. The van der Waals surface area contributed by atoms with E-state index in [2.05, 4.69) is 53.1 Å². The molecule has 2 aromatic rings. The van der Waals surface area contributed by atoms with Crippen LogP contribution in [0.1, 0.15) is 41.9 Å². The van der Waals surface area contributed by atoms with Gasteiger partial charge in [0.25, 0.3) is 0 Å². The Balaban J connectivity index is 1.61. The number of nitrogens with zero attached hydrogens (tertiary/aromatic N) is 3. The van der Waals surface area contributed by atoms with Gasteiger partial charge in [-0.3, -0.25) is 0 Å². The van der Waals surface area contributed by atoms with Gasteiger partial charge in [-0.05, 0) is 38.8 Å². The molecule has 0 radical (unpaired) electrons. The fourth-order valence-electron chi connectivity index (χ4n) is 3.09.